The van der Waals surface area contributed by atoms with Gasteiger partial charge in [-0.25, -0.2) is 4.79 Å². The lowest BCUT2D eigenvalue weighted by molar-refractivity contribution is -0.131. The highest BCUT2D eigenvalue weighted by molar-refractivity contribution is 5.76. The molecule has 1 atom stereocenters. The fourth-order valence-corrected chi connectivity index (χ4v) is 3.92. The maximum absolute atomic E-state index is 12.7. The second-order valence-corrected chi connectivity index (χ2v) is 7.15. The minimum Gasteiger partial charge on any atom is -0.343 e. The molecule has 1 aromatic heterocycles. The summed E-state index contributed by atoms with van der Waals surface area (Å²) in [6, 6.07) is 10.6. The van der Waals surface area contributed by atoms with Gasteiger partial charge in [-0.2, -0.15) is 4.98 Å². The van der Waals surface area contributed by atoms with Crippen LogP contribution in [0.2, 0.25) is 0 Å². The lowest BCUT2D eigenvalue weighted by Gasteiger charge is -2.21. The minimum absolute atomic E-state index is 0.198. The van der Waals surface area contributed by atoms with E-state index in [1.54, 1.807) is 0 Å². The molecule has 0 radical (unpaired) electrons. The van der Waals surface area contributed by atoms with Gasteiger partial charge in [0.05, 0.1) is 0 Å². The highest BCUT2D eigenvalue weighted by atomic mass is 16.2. The highest BCUT2D eigenvalue weighted by Crippen LogP contribution is 2.28. The number of amides is 1. The number of hydrogen-bond acceptors (Lipinski definition) is 3. The van der Waals surface area contributed by atoms with Gasteiger partial charge in [-0.15, -0.1) is 0 Å². The summed E-state index contributed by atoms with van der Waals surface area (Å²) in [4.78, 5) is 32.8. The Bertz CT molecular complexity index is 788. The monoisotopic (exact) mass is 353 g/mol. The summed E-state index contributed by atoms with van der Waals surface area (Å²) in [5.74, 6) is 0.741. The van der Waals surface area contributed by atoms with Gasteiger partial charge in [0, 0.05) is 30.9 Å². The predicted octanol–water partition coefficient (Wildman–Crippen LogP) is 3.12. The smallest absolute Gasteiger partial charge is 0.343 e. The Morgan fingerprint density at radius 2 is 1.96 bits per heavy atom. The van der Waals surface area contributed by atoms with Gasteiger partial charge < -0.3 is 9.88 Å². The zero-order valence-corrected chi connectivity index (χ0v) is 15.6. The zero-order chi connectivity index (χ0) is 18.5. The molecule has 0 aliphatic carbocycles. The molecule has 1 amide bonds. The van der Waals surface area contributed by atoms with E-state index in [4.69, 9.17) is 0 Å². The Balaban J connectivity index is 1.58. The average molecular weight is 353 g/mol. The fourth-order valence-electron chi connectivity index (χ4n) is 3.92. The second kappa shape index (κ2) is 8.30. The Kier molecular flexibility index (Phi) is 5.86. The van der Waals surface area contributed by atoms with Crippen LogP contribution >= 0.6 is 0 Å². The number of nitrogens with zero attached hydrogens (tertiary/aromatic N) is 2. The molecule has 0 spiro atoms. The lowest BCUT2D eigenvalue weighted by atomic mass is 9.92. The van der Waals surface area contributed by atoms with Crippen LogP contribution in [0, 0.1) is 13.8 Å². The molecule has 1 aromatic carbocycles. The van der Waals surface area contributed by atoms with Crippen molar-refractivity contribution in [3.8, 4) is 0 Å². The van der Waals surface area contributed by atoms with Gasteiger partial charge >= 0.3 is 5.69 Å². The normalized spacial score (nSPS) is 17.8. The van der Waals surface area contributed by atoms with E-state index in [2.05, 4.69) is 34.2 Å². The largest absolute Gasteiger partial charge is 0.345 e. The number of nitrogens with one attached hydrogen (secondary N) is 1. The Hall–Kier alpha value is -2.43. The molecule has 3 rings (SSSR count). The number of likely N-dealkylation sites (tertiary alicyclic amines) is 1. The van der Waals surface area contributed by atoms with E-state index in [1.807, 2.05) is 24.8 Å². The lowest BCUT2D eigenvalue weighted by Crippen LogP contribution is -2.32. The molecule has 26 heavy (non-hydrogen) atoms. The molecule has 2 heterocycles. The van der Waals surface area contributed by atoms with Crippen LogP contribution in [-0.2, 0) is 11.2 Å². The fraction of sp³-hybridized carbons (Fsp3) is 0.476. The summed E-state index contributed by atoms with van der Waals surface area (Å²) in [6.07, 6.45) is 4.29. The number of H-pyrrole nitrogens is 1. The molecule has 0 saturated carbocycles. The molecule has 0 unspecified atom stereocenters. The van der Waals surface area contributed by atoms with E-state index in [9.17, 15) is 9.59 Å². The molecule has 138 valence electrons. The zero-order valence-electron chi connectivity index (χ0n) is 15.6. The third kappa shape index (κ3) is 4.40. The van der Waals surface area contributed by atoms with Crippen molar-refractivity contribution in [2.24, 2.45) is 0 Å². The van der Waals surface area contributed by atoms with Crippen LogP contribution in [0.15, 0.2) is 35.1 Å². The second-order valence-electron chi connectivity index (χ2n) is 7.15. The summed E-state index contributed by atoms with van der Waals surface area (Å²) in [5, 5.41) is 0. The molecule has 5 nitrogen and oxygen atoms in total. The first kappa shape index (κ1) is 18.4. The molecule has 2 aromatic rings. The number of aromatic nitrogens is 2. The number of carbonyl (C=O) groups excluding carboxylic acids is 1. The summed E-state index contributed by atoms with van der Waals surface area (Å²) in [6.45, 7) is 5.36. The standard InChI is InChI=1S/C21H27N3O2/c1-15-19(16(2)23-21(26)22-15)10-11-20(25)24-13-6-9-18(12-14-24)17-7-4-3-5-8-17/h3-5,7-8,18H,6,9-14H2,1-2H3,(H,22,23,26)/t18-/m0/s1. The summed E-state index contributed by atoms with van der Waals surface area (Å²) < 4.78 is 0. The molecule has 1 fully saturated rings. The molecular formula is C21H27N3O2. The number of rotatable bonds is 4. The van der Waals surface area contributed by atoms with Gasteiger partial charge in [0.2, 0.25) is 5.91 Å². The van der Waals surface area contributed by atoms with Crippen LogP contribution in [0.4, 0.5) is 0 Å². The average Bonchev–Trinajstić information content (AvgIpc) is 2.87. The molecule has 1 aliphatic rings. The Labute approximate surface area is 154 Å². The van der Waals surface area contributed by atoms with Gasteiger partial charge in [0.1, 0.15) is 0 Å². The number of hydrogen-bond donors (Lipinski definition) is 1. The van der Waals surface area contributed by atoms with E-state index >= 15 is 0 Å². The van der Waals surface area contributed by atoms with Crippen LogP contribution in [-0.4, -0.2) is 33.9 Å². The Morgan fingerprint density at radius 3 is 2.69 bits per heavy atom. The van der Waals surface area contributed by atoms with Crippen molar-refractivity contribution in [1.82, 2.24) is 14.9 Å². The molecule has 1 saturated heterocycles. The molecule has 5 heteroatoms. The van der Waals surface area contributed by atoms with E-state index in [-0.39, 0.29) is 11.6 Å². The SMILES string of the molecule is Cc1nc(=O)[nH]c(C)c1CCC(=O)N1CCC[C@H](c2ccccc2)CC1. The van der Waals surface area contributed by atoms with Crippen LogP contribution < -0.4 is 5.69 Å². The van der Waals surface area contributed by atoms with E-state index < -0.39 is 0 Å². The van der Waals surface area contributed by atoms with Crippen molar-refractivity contribution in [3.05, 3.63) is 63.3 Å². The number of benzene rings is 1. The van der Waals surface area contributed by atoms with Crippen molar-refractivity contribution >= 4 is 5.91 Å². The van der Waals surface area contributed by atoms with Gasteiger partial charge in [-0.3, -0.25) is 4.79 Å². The molecule has 1 aliphatic heterocycles. The molecule has 0 bridgehead atoms. The minimum atomic E-state index is -0.324. The quantitative estimate of drug-likeness (QED) is 0.918. The van der Waals surface area contributed by atoms with Crippen molar-refractivity contribution in [1.29, 1.82) is 0 Å². The Morgan fingerprint density at radius 1 is 1.19 bits per heavy atom. The first-order valence-electron chi connectivity index (χ1n) is 9.43. The summed E-state index contributed by atoms with van der Waals surface area (Å²) in [5.41, 5.74) is 3.58. The van der Waals surface area contributed by atoms with Gasteiger partial charge in [-0.1, -0.05) is 30.3 Å². The van der Waals surface area contributed by atoms with Gasteiger partial charge in [0.15, 0.2) is 0 Å². The van der Waals surface area contributed by atoms with E-state index in [0.717, 1.165) is 49.3 Å². The van der Waals surface area contributed by atoms with Crippen LogP contribution in [0.5, 0.6) is 0 Å². The summed E-state index contributed by atoms with van der Waals surface area (Å²) in [7, 11) is 0. The molecule has 1 N–H and O–H groups in total. The molecular weight excluding hydrogens is 326 g/mol. The van der Waals surface area contributed by atoms with Crippen molar-refractivity contribution in [3.63, 3.8) is 0 Å². The van der Waals surface area contributed by atoms with Crippen LogP contribution in [0.3, 0.4) is 0 Å². The third-order valence-electron chi connectivity index (χ3n) is 5.39. The van der Waals surface area contributed by atoms with Gasteiger partial charge in [0.25, 0.3) is 0 Å². The number of carbonyl (C=O) groups is 1. The maximum Gasteiger partial charge on any atom is 0.345 e. The maximum atomic E-state index is 12.7. The predicted molar refractivity (Wildman–Crippen MR) is 102 cm³/mol. The van der Waals surface area contributed by atoms with Crippen molar-refractivity contribution in [2.75, 3.05) is 13.1 Å². The first-order valence-corrected chi connectivity index (χ1v) is 9.43. The van der Waals surface area contributed by atoms with Crippen molar-refractivity contribution < 1.29 is 4.79 Å². The highest BCUT2D eigenvalue weighted by Gasteiger charge is 2.21. The van der Waals surface area contributed by atoms with E-state index in [0.29, 0.717) is 18.8 Å². The van der Waals surface area contributed by atoms with E-state index in [1.165, 1.54) is 5.56 Å². The number of aromatic amines is 1. The number of aryl methyl sites for hydroxylation is 2. The third-order valence-corrected chi connectivity index (χ3v) is 5.39. The van der Waals surface area contributed by atoms with Crippen LogP contribution in [0.25, 0.3) is 0 Å². The van der Waals surface area contributed by atoms with Gasteiger partial charge in [-0.05, 0) is 56.6 Å². The topological polar surface area (TPSA) is 66.1 Å². The summed E-state index contributed by atoms with van der Waals surface area (Å²) >= 11 is 0. The van der Waals surface area contributed by atoms with Crippen LogP contribution in [0.1, 0.15) is 54.1 Å². The van der Waals surface area contributed by atoms with Crippen molar-refractivity contribution in [2.45, 2.75) is 51.9 Å². The first-order chi connectivity index (χ1) is 12.5.